The molecule has 1 aliphatic carbocycles. The van der Waals surface area contributed by atoms with Gasteiger partial charge >= 0.3 is 12.4 Å². The van der Waals surface area contributed by atoms with E-state index in [0.29, 0.717) is 37.4 Å². The number of aliphatic hydroxyl groups is 1. The SMILES string of the molecule is Cc1nc(N2C[C@@H](CO)C[C@@H](N(C(=O)NCc3ccc(OC(F)(F)F)cc3F)C3CC3)C2)no1. The highest BCUT2D eigenvalue weighted by Gasteiger charge is 2.41. The number of alkyl halides is 3. The molecule has 2 aliphatic rings. The van der Waals surface area contributed by atoms with Gasteiger partial charge in [-0.2, -0.15) is 4.98 Å². The number of nitrogens with zero attached hydrogens (tertiary/aromatic N) is 4. The molecule has 2 aromatic rings. The van der Waals surface area contributed by atoms with Crippen molar-refractivity contribution in [1.82, 2.24) is 20.4 Å². The number of aromatic nitrogens is 2. The van der Waals surface area contributed by atoms with Gasteiger partial charge in [0.25, 0.3) is 5.95 Å². The van der Waals surface area contributed by atoms with E-state index in [2.05, 4.69) is 20.2 Å². The van der Waals surface area contributed by atoms with Gasteiger partial charge < -0.3 is 29.5 Å². The van der Waals surface area contributed by atoms with E-state index < -0.39 is 24.0 Å². The summed E-state index contributed by atoms with van der Waals surface area (Å²) in [5.74, 6) is -0.904. The van der Waals surface area contributed by atoms with Crippen molar-refractivity contribution in [2.45, 2.75) is 51.2 Å². The Kier molecular flexibility index (Phi) is 6.82. The number of piperidine rings is 1. The van der Waals surface area contributed by atoms with E-state index >= 15 is 0 Å². The number of hydrogen-bond acceptors (Lipinski definition) is 7. The van der Waals surface area contributed by atoms with E-state index in [0.717, 1.165) is 25.0 Å². The number of aryl methyl sites for hydroxylation is 1. The Morgan fingerprint density at radius 2 is 2.09 bits per heavy atom. The molecule has 2 amide bonds. The number of ether oxygens (including phenoxy) is 1. The molecule has 0 radical (unpaired) electrons. The zero-order valence-electron chi connectivity index (χ0n) is 18.4. The number of urea groups is 1. The van der Waals surface area contributed by atoms with Gasteiger partial charge in [0, 0.05) is 56.8 Å². The smallest absolute Gasteiger partial charge is 0.406 e. The Morgan fingerprint density at radius 3 is 2.68 bits per heavy atom. The van der Waals surface area contributed by atoms with Crippen LogP contribution < -0.4 is 15.0 Å². The number of anilines is 1. The lowest BCUT2D eigenvalue weighted by Gasteiger charge is -2.42. The molecule has 2 fully saturated rings. The molecule has 0 bridgehead atoms. The molecule has 1 saturated heterocycles. The summed E-state index contributed by atoms with van der Waals surface area (Å²) in [6, 6.07) is 2.12. The highest BCUT2D eigenvalue weighted by Crippen LogP contribution is 2.33. The van der Waals surface area contributed by atoms with Crippen molar-refractivity contribution in [3.05, 3.63) is 35.5 Å². The second-order valence-corrected chi connectivity index (χ2v) is 8.55. The fraction of sp³-hybridized carbons (Fsp3) is 0.571. The Morgan fingerprint density at radius 1 is 1.32 bits per heavy atom. The second kappa shape index (κ2) is 9.65. The molecule has 1 saturated carbocycles. The summed E-state index contributed by atoms with van der Waals surface area (Å²) in [4.78, 5) is 20.9. The minimum absolute atomic E-state index is 0.0173. The van der Waals surface area contributed by atoms with Gasteiger partial charge in [-0.05, 0) is 30.5 Å². The van der Waals surface area contributed by atoms with Crippen LogP contribution in [0.5, 0.6) is 5.75 Å². The van der Waals surface area contributed by atoms with Crippen molar-refractivity contribution in [1.29, 1.82) is 0 Å². The van der Waals surface area contributed by atoms with Gasteiger partial charge in [-0.15, -0.1) is 13.2 Å². The summed E-state index contributed by atoms with van der Waals surface area (Å²) in [6.07, 6.45) is -2.70. The standard InChI is InChI=1S/C21H25F4N5O4/c1-12-27-19(28-34-12)29-9-13(11-31)6-16(10-29)30(15-3-4-15)20(32)26-8-14-2-5-17(7-18(14)22)33-21(23,24)25/h2,5,7,13,15-16,31H,3-4,6,8-11H2,1H3,(H,26,32)/t13-,16+/m0/s1. The minimum Gasteiger partial charge on any atom is -0.406 e. The number of nitrogens with one attached hydrogen (secondary N) is 1. The quantitative estimate of drug-likeness (QED) is 0.579. The van der Waals surface area contributed by atoms with E-state index in [1.807, 2.05) is 4.90 Å². The van der Waals surface area contributed by atoms with Gasteiger partial charge in [0.2, 0.25) is 5.89 Å². The second-order valence-electron chi connectivity index (χ2n) is 8.55. The molecular formula is C21H25F4N5O4. The van der Waals surface area contributed by atoms with Crippen LogP contribution in [-0.4, -0.2) is 64.3 Å². The van der Waals surface area contributed by atoms with Crippen LogP contribution in [-0.2, 0) is 6.54 Å². The zero-order valence-corrected chi connectivity index (χ0v) is 18.4. The monoisotopic (exact) mass is 487 g/mol. The predicted octanol–water partition coefficient (Wildman–Crippen LogP) is 2.98. The van der Waals surface area contributed by atoms with E-state index in [1.54, 1.807) is 11.8 Å². The van der Waals surface area contributed by atoms with Crippen molar-refractivity contribution in [2.75, 3.05) is 24.6 Å². The number of aliphatic hydroxyl groups excluding tert-OH is 1. The van der Waals surface area contributed by atoms with Crippen molar-refractivity contribution >= 4 is 12.0 Å². The molecule has 186 valence electrons. The number of hydrogen-bond donors (Lipinski definition) is 2. The third kappa shape index (κ3) is 5.88. The molecule has 2 heterocycles. The zero-order chi connectivity index (χ0) is 24.5. The minimum atomic E-state index is -4.92. The van der Waals surface area contributed by atoms with Crippen LogP contribution in [0.2, 0.25) is 0 Å². The topological polar surface area (TPSA) is 104 Å². The summed E-state index contributed by atoms with van der Waals surface area (Å²) < 4.78 is 60.0. The summed E-state index contributed by atoms with van der Waals surface area (Å²) in [6.45, 7) is 2.36. The van der Waals surface area contributed by atoms with E-state index in [4.69, 9.17) is 4.52 Å². The van der Waals surface area contributed by atoms with E-state index in [1.165, 1.54) is 0 Å². The molecule has 9 nitrogen and oxygen atoms in total. The van der Waals surface area contributed by atoms with Gasteiger partial charge in [-0.3, -0.25) is 0 Å². The molecule has 34 heavy (non-hydrogen) atoms. The number of amides is 2. The van der Waals surface area contributed by atoms with Crippen LogP contribution in [0.15, 0.2) is 22.7 Å². The number of carbonyl (C=O) groups excluding carboxylic acids is 1. The van der Waals surface area contributed by atoms with Gasteiger partial charge in [-0.1, -0.05) is 6.07 Å². The molecule has 2 atom stereocenters. The van der Waals surface area contributed by atoms with Gasteiger partial charge in [0.15, 0.2) is 0 Å². The molecule has 0 spiro atoms. The molecule has 0 unspecified atom stereocenters. The van der Waals surface area contributed by atoms with Crippen LogP contribution in [0, 0.1) is 18.7 Å². The molecule has 2 N–H and O–H groups in total. The number of rotatable bonds is 7. The molecule has 1 aromatic heterocycles. The lowest BCUT2D eigenvalue weighted by molar-refractivity contribution is -0.274. The van der Waals surface area contributed by atoms with Crippen molar-refractivity contribution in [2.24, 2.45) is 5.92 Å². The van der Waals surface area contributed by atoms with E-state index in [-0.39, 0.29) is 36.7 Å². The fourth-order valence-corrected chi connectivity index (χ4v) is 4.20. The lowest BCUT2D eigenvalue weighted by atomic mass is 9.94. The normalized spacial score (nSPS) is 20.8. The number of benzene rings is 1. The van der Waals surface area contributed by atoms with E-state index in [9.17, 15) is 27.5 Å². The first-order valence-corrected chi connectivity index (χ1v) is 10.9. The first kappa shape index (κ1) is 24.0. The Hall–Kier alpha value is -3.09. The van der Waals surface area contributed by atoms with Crippen LogP contribution in [0.4, 0.5) is 28.3 Å². The first-order valence-electron chi connectivity index (χ1n) is 10.9. The maximum absolute atomic E-state index is 14.3. The van der Waals surface area contributed by atoms with Crippen LogP contribution in [0.1, 0.15) is 30.7 Å². The highest BCUT2D eigenvalue weighted by atomic mass is 19.4. The van der Waals surface area contributed by atoms with Gasteiger partial charge in [0.1, 0.15) is 11.6 Å². The maximum atomic E-state index is 14.3. The largest absolute Gasteiger partial charge is 0.573 e. The number of halogens is 4. The lowest BCUT2D eigenvalue weighted by Crippen LogP contribution is -2.56. The summed E-state index contributed by atoms with van der Waals surface area (Å²) >= 11 is 0. The van der Waals surface area contributed by atoms with Crippen molar-refractivity contribution < 1.29 is 36.7 Å². The first-order chi connectivity index (χ1) is 16.1. The maximum Gasteiger partial charge on any atom is 0.573 e. The molecular weight excluding hydrogens is 462 g/mol. The van der Waals surface area contributed by atoms with Gasteiger partial charge in [-0.25, -0.2) is 9.18 Å². The summed E-state index contributed by atoms with van der Waals surface area (Å²) in [5.41, 5.74) is 0.0272. The Labute approximate surface area is 192 Å². The summed E-state index contributed by atoms with van der Waals surface area (Å²) in [5, 5.41) is 16.4. The highest BCUT2D eigenvalue weighted by molar-refractivity contribution is 5.75. The molecule has 1 aliphatic heterocycles. The third-order valence-electron chi connectivity index (χ3n) is 5.83. The average Bonchev–Trinajstić information content (AvgIpc) is 3.50. The van der Waals surface area contributed by atoms with Crippen molar-refractivity contribution in [3.8, 4) is 5.75 Å². The summed E-state index contributed by atoms with van der Waals surface area (Å²) in [7, 11) is 0. The van der Waals surface area contributed by atoms with Gasteiger partial charge in [0.05, 0.1) is 6.04 Å². The van der Waals surface area contributed by atoms with Crippen molar-refractivity contribution in [3.63, 3.8) is 0 Å². The van der Waals surface area contributed by atoms with Crippen LogP contribution in [0.3, 0.4) is 0 Å². The fourth-order valence-electron chi connectivity index (χ4n) is 4.20. The predicted molar refractivity (Wildman–Crippen MR) is 110 cm³/mol. The van der Waals surface area contributed by atoms with Crippen LogP contribution in [0.25, 0.3) is 0 Å². The third-order valence-corrected chi connectivity index (χ3v) is 5.83. The average molecular weight is 487 g/mol. The molecule has 1 aromatic carbocycles. The Bertz CT molecular complexity index is 1010. The molecule has 4 rings (SSSR count). The Balaban J connectivity index is 1.43. The number of carbonyl (C=O) groups is 1. The van der Waals surface area contributed by atoms with Crippen LogP contribution >= 0.6 is 0 Å². The molecule has 13 heteroatoms.